The van der Waals surface area contributed by atoms with E-state index in [-0.39, 0.29) is 4.90 Å². The van der Waals surface area contributed by atoms with Crippen LogP contribution in [-0.2, 0) is 19.6 Å². The third-order valence-electron chi connectivity index (χ3n) is 2.31. The lowest BCUT2D eigenvalue weighted by atomic mass is 10.2. The molecule has 0 unspecified atom stereocenters. The van der Waals surface area contributed by atoms with Gasteiger partial charge in [-0.15, -0.1) is 0 Å². The van der Waals surface area contributed by atoms with Crippen molar-refractivity contribution < 1.29 is 17.9 Å². The van der Waals surface area contributed by atoms with Gasteiger partial charge in [-0.25, -0.2) is 13.1 Å². The van der Waals surface area contributed by atoms with Crippen LogP contribution in [0.4, 0.5) is 0 Å². The summed E-state index contributed by atoms with van der Waals surface area (Å²) in [6.07, 6.45) is 2.24. The first kappa shape index (κ1) is 16.2. The van der Waals surface area contributed by atoms with Gasteiger partial charge in [-0.3, -0.25) is 4.79 Å². The summed E-state index contributed by atoms with van der Waals surface area (Å²) >= 11 is 0. The molecular formula is C14H19NO4S. The highest BCUT2D eigenvalue weighted by atomic mass is 32.2. The summed E-state index contributed by atoms with van der Waals surface area (Å²) in [5, 5.41) is 0. The summed E-state index contributed by atoms with van der Waals surface area (Å²) in [5.74, 6) is -0.409. The van der Waals surface area contributed by atoms with Gasteiger partial charge in [0.1, 0.15) is 0 Å². The molecule has 110 valence electrons. The number of sulfonamides is 1. The highest BCUT2D eigenvalue weighted by molar-refractivity contribution is 7.90. The summed E-state index contributed by atoms with van der Waals surface area (Å²) in [5.41, 5.74) is 0.942. The molecule has 0 aliphatic heterocycles. The number of benzene rings is 1. The maximum absolute atomic E-state index is 11.9. The Labute approximate surface area is 119 Å². The predicted molar refractivity (Wildman–Crippen MR) is 76.4 cm³/mol. The minimum Gasteiger partial charge on any atom is -0.501 e. The van der Waals surface area contributed by atoms with Crippen molar-refractivity contribution in [1.29, 1.82) is 0 Å². The van der Waals surface area contributed by atoms with E-state index in [9.17, 15) is 13.2 Å². The summed E-state index contributed by atoms with van der Waals surface area (Å²) in [6.45, 7) is 6.25. The monoisotopic (exact) mass is 297 g/mol. The Morgan fingerprint density at radius 1 is 1.30 bits per heavy atom. The molecule has 1 amide bonds. The van der Waals surface area contributed by atoms with Crippen molar-refractivity contribution in [1.82, 2.24) is 4.72 Å². The predicted octanol–water partition coefficient (Wildman–Crippen LogP) is 1.99. The highest BCUT2D eigenvalue weighted by Gasteiger charge is 2.15. The third kappa shape index (κ3) is 5.44. The summed E-state index contributed by atoms with van der Waals surface area (Å²) < 4.78 is 30.8. The summed E-state index contributed by atoms with van der Waals surface area (Å²) in [7, 11) is -3.84. The topological polar surface area (TPSA) is 72.5 Å². The van der Waals surface area contributed by atoms with Gasteiger partial charge in [0.05, 0.1) is 17.8 Å². The Morgan fingerprint density at radius 3 is 2.45 bits per heavy atom. The third-order valence-corrected chi connectivity index (χ3v) is 3.67. The number of hydrogen-bond donors (Lipinski definition) is 1. The van der Waals surface area contributed by atoms with Crippen molar-refractivity contribution in [2.45, 2.75) is 25.7 Å². The molecule has 0 fully saturated rings. The van der Waals surface area contributed by atoms with Crippen LogP contribution in [0.2, 0.25) is 0 Å². The van der Waals surface area contributed by atoms with Crippen molar-refractivity contribution in [3.8, 4) is 0 Å². The molecular weight excluding hydrogens is 278 g/mol. The molecule has 0 aromatic heterocycles. The van der Waals surface area contributed by atoms with Crippen LogP contribution in [0, 0.1) is 12.8 Å². The zero-order valence-corrected chi connectivity index (χ0v) is 12.6. The Balaban J connectivity index is 2.62. The molecule has 20 heavy (non-hydrogen) atoms. The normalized spacial score (nSPS) is 11.8. The van der Waals surface area contributed by atoms with Crippen LogP contribution in [0.1, 0.15) is 19.4 Å². The Morgan fingerprint density at radius 2 is 1.90 bits per heavy atom. The van der Waals surface area contributed by atoms with E-state index in [0.29, 0.717) is 12.5 Å². The minimum absolute atomic E-state index is 0.0490. The van der Waals surface area contributed by atoms with Gasteiger partial charge in [-0.2, -0.15) is 0 Å². The van der Waals surface area contributed by atoms with E-state index in [4.69, 9.17) is 4.74 Å². The van der Waals surface area contributed by atoms with Gasteiger partial charge in [-0.1, -0.05) is 31.5 Å². The molecule has 0 aliphatic rings. The molecule has 0 heterocycles. The Bertz CT molecular complexity index is 574. The number of rotatable bonds is 6. The maximum atomic E-state index is 11.9. The second kappa shape index (κ2) is 7.09. The number of carbonyl (C=O) groups excluding carboxylic acids is 1. The van der Waals surface area contributed by atoms with Gasteiger partial charge in [0.15, 0.2) is 0 Å². The van der Waals surface area contributed by atoms with Crippen LogP contribution >= 0.6 is 0 Å². The minimum atomic E-state index is -3.84. The fourth-order valence-corrected chi connectivity index (χ4v) is 2.25. The fourth-order valence-electron chi connectivity index (χ4n) is 1.30. The smallest absolute Gasteiger partial charge is 0.264 e. The zero-order chi connectivity index (χ0) is 15.2. The molecule has 0 atom stereocenters. The van der Waals surface area contributed by atoms with E-state index >= 15 is 0 Å². The van der Waals surface area contributed by atoms with Crippen LogP contribution < -0.4 is 4.72 Å². The standard InChI is InChI=1S/C14H19NO4S/c1-11(2)10-19-9-8-14(16)15-20(17,18)13-6-4-12(3)5-7-13/h4-9,11H,10H2,1-3H3,(H,15,16)/b9-8+. The lowest BCUT2D eigenvalue weighted by Crippen LogP contribution is -2.29. The molecule has 0 bridgehead atoms. The lowest BCUT2D eigenvalue weighted by molar-refractivity contribution is -0.115. The molecule has 1 rings (SSSR count). The molecule has 0 saturated carbocycles. The first-order valence-electron chi connectivity index (χ1n) is 6.23. The zero-order valence-electron chi connectivity index (χ0n) is 11.8. The van der Waals surface area contributed by atoms with Crippen LogP contribution in [0.25, 0.3) is 0 Å². The maximum Gasteiger partial charge on any atom is 0.264 e. The van der Waals surface area contributed by atoms with Crippen LogP contribution in [0.3, 0.4) is 0 Å². The Hall–Kier alpha value is -1.82. The van der Waals surface area contributed by atoms with Gasteiger partial charge in [0, 0.05) is 6.08 Å². The first-order valence-corrected chi connectivity index (χ1v) is 7.71. The second-order valence-corrected chi connectivity index (χ2v) is 6.50. The van der Waals surface area contributed by atoms with Crippen molar-refractivity contribution >= 4 is 15.9 Å². The molecule has 1 aromatic rings. The number of ether oxygens (including phenoxy) is 1. The number of aryl methyl sites for hydroxylation is 1. The van der Waals surface area contributed by atoms with E-state index < -0.39 is 15.9 Å². The van der Waals surface area contributed by atoms with Crippen LogP contribution in [0.5, 0.6) is 0 Å². The van der Waals surface area contributed by atoms with Crippen molar-refractivity contribution in [3.63, 3.8) is 0 Å². The average Bonchev–Trinajstić information content (AvgIpc) is 2.34. The Kier molecular flexibility index (Phi) is 5.76. The largest absolute Gasteiger partial charge is 0.501 e. The van der Waals surface area contributed by atoms with Crippen molar-refractivity contribution in [2.24, 2.45) is 5.92 Å². The first-order chi connectivity index (χ1) is 9.31. The van der Waals surface area contributed by atoms with E-state index in [0.717, 1.165) is 11.6 Å². The van der Waals surface area contributed by atoms with E-state index in [1.54, 1.807) is 12.1 Å². The molecule has 0 aliphatic carbocycles. The molecule has 1 N–H and O–H groups in total. The fraction of sp³-hybridized carbons (Fsp3) is 0.357. The number of hydrogen-bond acceptors (Lipinski definition) is 4. The van der Waals surface area contributed by atoms with E-state index in [2.05, 4.69) is 0 Å². The quantitative estimate of drug-likeness (QED) is 0.644. The lowest BCUT2D eigenvalue weighted by Gasteiger charge is -2.05. The average molecular weight is 297 g/mol. The van der Waals surface area contributed by atoms with Gasteiger partial charge in [0.25, 0.3) is 15.9 Å². The molecule has 1 aromatic carbocycles. The van der Waals surface area contributed by atoms with Gasteiger partial charge in [0.2, 0.25) is 0 Å². The highest BCUT2D eigenvalue weighted by Crippen LogP contribution is 2.09. The van der Waals surface area contributed by atoms with Gasteiger partial charge >= 0.3 is 0 Å². The van der Waals surface area contributed by atoms with Gasteiger partial charge in [-0.05, 0) is 25.0 Å². The van der Waals surface area contributed by atoms with Crippen LogP contribution in [0.15, 0.2) is 41.5 Å². The SMILES string of the molecule is Cc1ccc(S(=O)(=O)NC(=O)/C=C/OCC(C)C)cc1. The second-order valence-electron chi connectivity index (χ2n) is 4.81. The summed E-state index contributed by atoms with van der Waals surface area (Å²) in [6, 6.07) is 6.23. The number of carbonyl (C=O) groups is 1. The molecule has 0 radical (unpaired) electrons. The molecule has 5 nitrogen and oxygen atoms in total. The van der Waals surface area contributed by atoms with Crippen molar-refractivity contribution in [3.05, 3.63) is 42.2 Å². The van der Waals surface area contributed by atoms with E-state index in [1.807, 2.05) is 25.5 Å². The molecule has 6 heteroatoms. The summed E-state index contributed by atoms with van der Waals surface area (Å²) in [4.78, 5) is 11.5. The molecule has 0 spiro atoms. The number of amides is 1. The molecule has 0 saturated heterocycles. The number of nitrogens with one attached hydrogen (secondary N) is 1. The van der Waals surface area contributed by atoms with E-state index in [1.165, 1.54) is 18.4 Å². The van der Waals surface area contributed by atoms with Crippen LogP contribution in [-0.4, -0.2) is 20.9 Å². The van der Waals surface area contributed by atoms with Crippen molar-refractivity contribution in [2.75, 3.05) is 6.61 Å². The van der Waals surface area contributed by atoms with Gasteiger partial charge < -0.3 is 4.74 Å².